The number of aromatic nitrogens is 3. The number of hydrogen-bond acceptors (Lipinski definition) is 5. The average molecular weight is 616 g/mol. The van der Waals surface area contributed by atoms with Crippen LogP contribution in [0.15, 0.2) is 160 Å². The van der Waals surface area contributed by atoms with Crippen LogP contribution in [0.25, 0.3) is 99.9 Å². The quantitative estimate of drug-likeness (QED) is 0.197. The molecule has 10 aromatic rings. The smallest absolute Gasteiger partial charge is 0.164 e. The molecule has 0 unspecified atom stereocenters. The number of benzene rings is 7. The summed E-state index contributed by atoms with van der Waals surface area (Å²) >= 11 is 0. The standard InChI is InChI=1S/C43H25N3O2/c1-2-9-26(10-3-1)27-17-18-29-24-30(20-19-28(29)23-27)41-44-42(31-21-22-33-32-11-4-6-14-36(32)48-39(33)25-31)46-43(45-41)35-13-8-16-38-40(35)34-12-5-7-15-37(34)47-38/h1-25H. The summed E-state index contributed by atoms with van der Waals surface area (Å²) in [5, 5.41) is 6.41. The fraction of sp³-hybridized carbons (Fsp3) is 0. The summed E-state index contributed by atoms with van der Waals surface area (Å²) in [6.07, 6.45) is 0. The maximum Gasteiger partial charge on any atom is 0.164 e. The number of furan rings is 2. The van der Waals surface area contributed by atoms with Crippen LogP contribution in [0.2, 0.25) is 0 Å². The fourth-order valence-corrected chi connectivity index (χ4v) is 6.78. The zero-order valence-electron chi connectivity index (χ0n) is 25.6. The van der Waals surface area contributed by atoms with Gasteiger partial charge in [0.2, 0.25) is 0 Å². The Morgan fingerprint density at radius 3 is 1.71 bits per heavy atom. The van der Waals surface area contributed by atoms with Crippen LogP contribution in [0.1, 0.15) is 0 Å². The number of nitrogens with zero attached hydrogens (tertiary/aromatic N) is 3. The third-order valence-corrected chi connectivity index (χ3v) is 9.12. The van der Waals surface area contributed by atoms with Gasteiger partial charge in [-0.25, -0.2) is 15.0 Å². The SMILES string of the molecule is c1ccc(-c2ccc3cc(-c4nc(-c5ccc6c(c5)oc5ccccc56)nc(-c5cccc6oc7ccccc7c56)n4)ccc3c2)cc1. The van der Waals surface area contributed by atoms with Gasteiger partial charge in [-0.3, -0.25) is 0 Å². The first-order chi connectivity index (χ1) is 23.7. The van der Waals surface area contributed by atoms with Crippen molar-refractivity contribution >= 4 is 54.6 Å². The van der Waals surface area contributed by atoms with Gasteiger partial charge in [-0.15, -0.1) is 0 Å². The van der Waals surface area contributed by atoms with Crippen molar-refractivity contribution in [3.8, 4) is 45.3 Å². The molecule has 224 valence electrons. The number of rotatable bonds is 4. The molecule has 0 saturated carbocycles. The highest BCUT2D eigenvalue weighted by atomic mass is 16.3. The Balaban J connectivity index is 1.18. The Morgan fingerprint density at radius 1 is 0.333 bits per heavy atom. The predicted octanol–water partition coefficient (Wildman–Crippen LogP) is 11.5. The van der Waals surface area contributed by atoms with Gasteiger partial charge in [0.25, 0.3) is 0 Å². The molecule has 0 saturated heterocycles. The summed E-state index contributed by atoms with van der Waals surface area (Å²) in [4.78, 5) is 15.3. The van der Waals surface area contributed by atoms with Crippen molar-refractivity contribution in [3.05, 3.63) is 152 Å². The van der Waals surface area contributed by atoms with E-state index >= 15 is 0 Å². The van der Waals surface area contributed by atoms with E-state index < -0.39 is 0 Å². The van der Waals surface area contributed by atoms with Crippen LogP contribution in [-0.4, -0.2) is 15.0 Å². The summed E-state index contributed by atoms with van der Waals surface area (Å²) in [6, 6.07) is 51.8. The number of hydrogen-bond donors (Lipinski definition) is 0. The molecule has 0 N–H and O–H groups in total. The van der Waals surface area contributed by atoms with Crippen LogP contribution in [0.5, 0.6) is 0 Å². The molecule has 48 heavy (non-hydrogen) atoms. The van der Waals surface area contributed by atoms with E-state index in [0.717, 1.165) is 71.3 Å². The van der Waals surface area contributed by atoms with E-state index in [4.69, 9.17) is 23.8 Å². The summed E-state index contributed by atoms with van der Waals surface area (Å²) in [7, 11) is 0. The van der Waals surface area contributed by atoms with E-state index in [1.807, 2.05) is 60.7 Å². The van der Waals surface area contributed by atoms with Crippen molar-refractivity contribution in [1.82, 2.24) is 15.0 Å². The second kappa shape index (κ2) is 10.5. The number of para-hydroxylation sites is 2. The summed E-state index contributed by atoms with van der Waals surface area (Å²) in [5.74, 6) is 1.75. The minimum Gasteiger partial charge on any atom is -0.456 e. The molecule has 0 bridgehead atoms. The van der Waals surface area contributed by atoms with Crippen molar-refractivity contribution in [2.45, 2.75) is 0 Å². The van der Waals surface area contributed by atoms with E-state index in [1.165, 1.54) is 11.1 Å². The van der Waals surface area contributed by atoms with Crippen LogP contribution in [0, 0.1) is 0 Å². The van der Waals surface area contributed by atoms with Gasteiger partial charge >= 0.3 is 0 Å². The molecule has 5 heteroatoms. The van der Waals surface area contributed by atoms with Gasteiger partial charge in [-0.1, -0.05) is 109 Å². The molecule has 3 heterocycles. The zero-order valence-corrected chi connectivity index (χ0v) is 25.6. The zero-order chi connectivity index (χ0) is 31.6. The normalized spacial score (nSPS) is 11.8. The van der Waals surface area contributed by atoms with Crippen LogP contribution in [0.4, 0.5) is 0 Å². The highest BCUT2D eigenvalue weighted by Crippen LogP contribution is 2.38. The predicted molar refractivity (Wildman–Crippen MR) is 194 cm³/mol. The molecule has 0 aliphatic carbocycles. The minimum absolute atomic E-state index is 0.571. The topological polar surface area (TPSA) is 65.0 Å². The van der Waals surface area contributed by atoms with Crippen molar-refractivity contribution in [2.75, 3.05) is 0 Å². The molecule has 0 aliphatic rings. The molecular weight excluding hydrogens is 590 g/mol. The molecule has 0 aliphatic heterocycles. The van der Waals surface area contributed by atoms with Crippen molar-refractivity contribution < 1.29 is 8.83 Å². The Labute approximate surface area is 274 Å². The lowest BCUT2D eigenvalue weighted by molar-refractivity contribution is 0.668. The second-order valence-corrected chi connectivity index (χ2v) is 12.0. The van der Waals surface area contributed by atoms with Crippen LogP contribution in [-0.2, 0) is 0 Å². The first-order valence-electron chi connectivity index (χ1n) is 15.9. The van der Waals surface area contributed by atoms with Gasteiger partial charge in [-0.2, -0.15) is 0 Å². The second-order valence-electron chi connectivity index (χ2n) is 12.0. The molecule has 0 atom stereocenters. The molecule has 10 rings (SSSR count). The van der Waals surface area contributed by atoms with E-state index in [-0.39, 0.29) is 0 Å². The summed E-state index contributed by atoms with van der Waals surface area (Å²) < 4.78 is 12.5. The Bertz CT molecular complexity index is 2850. The lowest BCUT2D eigenvalue weighted by Crippen LogP contribution is -2.00. The molecule has 0 radical (unpaired) electrons. The highest BCUT2D eigenvalue weighted by Gasteiger charge is 2.19. The lowest BCUT2D eigenvalue weighted by Gasteiger charge is -2.10. The van der Waals surface area contributed by atoms with Gasteiger partial charge in [0, 0.05) is 38.2 Å². The first-order valence-corrected chi connectivity index (χ1v) is 15.9. The monoisotopic (exact) mass is 615 g/mol. The Morgan fingerprint density at radius 2 is 0.896 bits per heavy atom. The van der Waals surface area contributed by atoms with Crippen LogP contribution < -0.4 is 0 Å². The van der Waals surface area contributed by atoms with E-state index in [0.29, 0.717) is 17.5 Å². The molecular formula is C43H25N3O2. The average Bonchev–Trinajstić information content (AvgIpc) is 3.73. The van der Waals surface area contributed by atoms with Gasteiger partial charge in [0.15, 0.2) is 17.5 Å². The summed E-state index contributed by atoms with van der Waals surface area (Å²) in [6.45, 7) is 0. The van der Waals surface area contributed by atoms with Gasteiger partial charge in [-0.05, 0) is 64.4 Å². The third-order valence-electron chi connectivity index (χ3n) is 9.12. The van der Waals surface area contributed by atoms with Gasteiger partial charge in [0.1, 0.15) is 22.3 Å². The largest absolute Gasteiger partial charge is 0.456 e. The van der Waals surface area contributed by atoms with Gasteiger partial charge < -0.3 is 8.83 Å². The van der Waals surface area contributed by atoms with Crippen LogP contribution >= 0.6 is 0 Å². The maximum absolute atomic E-state index is 6.25. The number of fused-ring (bicyclic) bond motifs is 7. The molecule has 5 nitrogen and oxygen atoms in total. The van der Waals surface area contributed by atoms with E-state index in [2.05, 4.69) is 91.0 Å². The first kappa shape index (κ1) is 26.6. The maximum atomic E-state index is 6.25. The Kier molecular flexibility index (Phi) is 5.81. The fourth-order valence-electron chi connectivity index (χ4n) is 6.78. The van der Waals surface area contributed by atoms with E-state index in [9.17, 15) is 0 Å². The van der Waals surface area contributed by atoms with Crippen molar-refractivity contribution in [3.63, 3.8) is 0 Å². The molecule has 3 aromatic heterocycles. The Hall–Kier alpha value is -6.59. The van der Waals surface area contributed by atoms with Gasteiger partial charge in [0.05, 0.1) is 0 Å². The molecule has 0 spiro atoms. The molecule has 7 aromatic carbocycles. The lowest BCUT2D eigenvalue weighted by atomic mass is 10.00. The third kappa shape index (κ3) is 4.29. The molecule has 0 fully saturated rings. The minimum atomic E-state index is 0.571. The van der Waals surface area contributed by atoms with Crippen LogP contribution in [0.3, 0.4) is 0 Å². The highest BCUT2D eigenvalue weighted by molar-refractivity contribution is 6.12. The van der Waals surface area contributed by atoms with Crippen molar-refractivity contribution in [2.24, 2.45) is 0 Å². The summed E-state index contributed by atoms with van der Waals surface area (Å²) in [5.41, 5.74) is 8.29. The molecule has 0 amide bonds. The van der Waals surface area contributed by atoms with E-state index in [1.54, 1.807) is 0 Å². The van der Waals surface area contributed by atoms with Crippen molar-refractivity contribution in [1.29, 1.82) is 0 Å².